The van der Waals surface area contributed by atoms with Crippen molar-refractivity contribution < 1.29 is 22.4 Å². The molecular weight excluding hydrogens is 354 g/mol. The van der Waals surface area contributed by atoms with E-state index in [1.807, 2.05) is 30.3 Å². The second-order valence-corrected chi connectivity index (χ2v) is 7.84. The highest BCUT2D eigenvalue weighted by molar-refractivity contribution is 7.89. The topological polar surface area (TPSA) is 76.8 Å². The largest absolute Gasteiger partial charge is 0.465 e. The molecule has 0 aliphatic carbocycles. The molecule has 0 amide bonds. The Kier molecular flexibility index (Phi) is 4.84. The summed E-state index contributed by atoms with van der Waals surface area (Å²) in [6, 6.07) is 14.7. The smallest absolute Gasteiger partial charge is 0.339 e. The minimum Gasteiger partial charge on any atom is -0.465 e. The number of hydrogen-bond donors (Lipinski definition) is 0. The first-order valence-electron chi connectivity index (χ1n) is 8.00. The monoisotopic (exact) mass is 373 g/mol. The molecule has 136 valence electrons. The number of furan rings is 1. The van der Waals surface area contributed by atoms with Crippen LogP contribution in [-0.2, 0) is 14.8 Å². The van der Waals surface area contributed by atoms with Crippen LogP contribution in [0.2, 0.25) is 0 Å². The molecule has 7 heteroatoms. The Balaban J connectivity index is 2.00. The average Bonchev–Trinajstić information content (AvgIpc) is 3.10. The molecule has 0 aliphatic rings. The summed E-state index contributed by atoms with van der Waals surface area (Å²) in [7, 11) is -1.26. The maximum Gasteiger partial charge on any atom is 0.339 e. The predicted octanol–water partition coefficient (Wildman–Crippen LogP) is 3.60. The minimum absolute atomic E-state index is 0.00124. The van der Waals surface area contributed by atoms with Gasteiger partial charge in [-0.25, -0.2) is 13.2 Å². The van der Waals surface area contributed by atoms with Crippen LogP contribution in [0.4, 0.5) is 0 Å². The van der Waals surface area contributed by atoms with Gasteiger partial charge in [0.25, 0.3) is 0 Å². The summed E-state index contributed by atoms with van der Waals surface area (Å²) in [5, 5.41) is 0.898. The number of sulfonamides is 1. The molecule has 0 bridgehead atoms. The van der Waals surface area contributed by atoms with Crippen LogP contribution in [0.5, 0.6) is 0 Å². The van der Waals surface area contributed by atoms with Crippen molar-refractivity contribution in [2.75, 3.05) is 14.2 Å². The zero-order valence-corrected chi connectivity index (χ0v) is 15.5. The van der Waals surface area contributed by atoms with Gasteiger partial charge in [-0.1, -0.05) is 30.3 Å². The van der Waals surface area contributed by atoms with Gasteiger partial charge in [0.05, 0.1) is 23.6 Å². The van der Waals surface area contributed by atoms with Crippen molar-refractivity contribution in [1.29, 1.82) is 0 Å². The molecule has 0 spiro atoms. The first-order valence-corrected chi connectivity index (χ1v) is 9.44. The van der Waals surface area contributed by atoms with Crippen molar-refractivity contribution in [3.05, 3.63) is 65.9 Å². The van der Waals surface area contributed by atoms with Crippen LogP contribution in [0.25, 0.3) is 11.0 Å². The van der Waals surface area contributed by atoms with Crippen molar-refractivity contribution in [3.8, 4) is 0 Å². The SMILES string of the molecule is COC(=O)c1ccccc1S(=O)(=O)N(C)C(C)c1cc2ccccc2o1. The Bertz CT molecular complexity index is 1020. The number of fused-ring (bicyclic) bond motifs is 1. The lowest BCUT2D eigenvalue weighted by Crippen LogP contribution is -2.30. The highest BCUT2D eigenvalue weighted by Gasteiger charge is 2.31. The molecular formula is C19H19NO5S. The number of benzene rings is 2. The van der Waals surface area contributed by atoms with Gasteiger partial charge in [-0.15, -0.1) is 0 Å². The van der Waals surface area contributed by atoms with E-state index in [0.29, 0.717) is 11.3 Å². The van der Waals surface area contributed by atoms with E-state index in [2.05, 4.69) is 0 Å². The summed E-state index contributed by atoms with van der Waals surface area (Å²) in [5.74, 6) is -0.179. The van der Waals surface area contributed by atoms with Gasteiger partial charge in [-0.3, -0.25) is 0 Å². The summed E-state index contributed by atoms with van der Waals surface area (Å²) in [4.78, 5) is 11.8. The van der Waals surface area contributed by atoms with Gasteiger partial charge >= 0.3 is 5.97 Å². The number of rotatable bonds is 5. The molecule has 0 N–H and O–H groups in total. The lowest BCUT2D eigenvalue weighted by atomic mass is 10.2. The van der Waals surface area contributed by atoms with Gasteiger partial charge < -0.3 is 9.15 Å². The first-order chi connectivity index (χ1) is 12.4. The molecule has 1 atom stereocenters. The fourth-order valence-electron chi connectivity index (χ4n) is 2.72. The Hall–Kier alpha value is -2.64. The van der Waals surface area contributed by atoms with Crippen molar-refractivity contribution in [3.63, 3.8) is 0 Å². The van der Waals surface area contributed by atoms with E-state index >= 15 is 0 Å². The fraction of sp³-hybridized carbons (Fsp3) is 0.211. The third kappa shape index (κ3) is 3.11. The second kappa shape index (κ2) is 6.93. The molecule has 26 heavy (non-hydrogen) atoms. The number of hydrogen-bond acceptors (Lipinski definition) is 5. The van der Waals surface area contributed by atoms with Crippen LogP contribution in [0, 0.1) is 0 Å². The molecule has 0 radical (unpaired) electrons. The van der Waals surface area contributed by atoms with Crippen molar-refractivity contribution in [2.45, 2.75) is 17.9 Å². The van der Waals surface area contributed by atoms with E-state index in [1.54, 1.807) is 19.1 Å². The molecule has 1 unspecified atom stereocenters. The Morgan fingerprint density at radius 2 is 1.77 bits per heavy atom. The molecule has 0 saturated carbocycles. The quantitative estimate of drug-likeness (QED) is 0.639. The summed E-state index contributed by atoms with van der Waals surface area (Å²) in [6.45, 7) is 1.73. The third-order valence-corrected chi connectivity index (χ3v) is 6.34. The maximum atomic E-state index is 13.1. The lowest BCUT2D eigenvalue weighted by Gasteiger charge is -2.23. The van der Waals surface area contributed by atoms with Gasteiger partial charge in [-0.05, 0) is 31.2 Å². The third-order valence-electron chi connectivity index (χ3n) is 4.35. The van der Waals surface area contributed by atoms with Crippen LogP contribution < -0.4 is 0 Å². The Morgan fingerprint density at radius 1 is 1.12 bits per heavy atom. The molecule has 1 aromatic heterocycles. The van der Waals surface area contributed by atoms with Crippen molar-refractivity contribution >= 4 is 27.0 Å². The number of methoxy groups -OCH3 is 1. The zero-order chi connectivity index (χ0) is 18.9. The molecule has 0 aliphatic heterocycles. The highest BCUT2D eigenvalue weighted by Crippen LogP contribution is 2.31. The van der Waals surface area contributed by atoms with Gasteiger partial charge in [0.15, 0.2) is 0 Å². The number of carbonyl (C=O) groups excluding carboxylic acids is 1. The molecule has 2 aromatic carbocycles. The van der Waals surface area contributed by atoms with Crippen molar-refractivity contribution in [1.82, 2.24) is 4.31 Å². The van der Waals surface area contributed by atoms with Crippen LogP contribution in [0.15, 0.2) is 63.9 Å². The number of nitrogens with zero attached hydrogens (tertiary/aromatic N) is 1. The van der Waals surface area contributed by atoms with E-state index in [1.165, 1.54) is 30.6 Å². The molecule has 0 saturated heterocycles. The first kappa shape index (κ1) is 18.2. The maximum absolute atomic E-state index is 13.1. The molecule has 6 nitrogen and oxygen atoms in total. The average molecular weight is 373 g/mol. The van der Waals surface area contributed by atoms with E-state index in [0.717, 1.165) is 5.39 Å². The van der Waals surface area contributed by atoms with E-state index in [-0.39, 0.29) is 10.5 Å². The van der Waals surface area contributed by atoms with Crippen LogP contribution in [-0.4, -0.2) is 32.8 Å². The van der Waals surface area contributed by atoms with E-state index in [9.17, 15) is 13.2 Å². The summed E-state index contributed by atoms with van der Waals surface area (Å²) in [5.41, 5.74) is 0.689. The summed E-state index contributed by atoms with van der Waals surface area (Å²) >= 11 is 0. The van der Waals surface area contributed by atoms with Gasteiger partial charge in [-0.2, -0.15) is 4.31 Å². The van der Waals surface area contributed by atoms with Crippen LogP contribution in [0.3, 0.4) is 0 Å². The Morgan fingerprint density at radius 3 is 2.46 bits per heavy atom. The molecule has 3 aromatic rings. The molecule has 0 fully saturated rings. The number of ether oxygens (including phenoxy) is 1. The predicted molar refractivity (Wildman–Crippen MR) is 97.4 cm³/mol. The lowest BCUT2D eigenvalue weighted by molar-refractivity contribution is 0.0596. The van der Waals surface area contributed by atoms with Gasteiger partial charge in [0.1, 0.15) is 11.3 Å². The zero-order valence-electron chi connectivity index (χ0n) is 14.7. The van der Waals surface area contributed by atoms with Crippen molar-refractivity contribution in [2.24, 2.45) is 0 Å². The van der Waals surface area contributed by atoms with Crippen LogP contribution >= 0.6 is 0 Å². The summed E-state index contributed by atoms with van der Waals surface area (Å²) in [6.07, 6.45) is 0. The molecule has 1 heterocycles. The standard InChI is InChI=1S/C19H19NO5S/c1-13(17-12-14-8-4-6-10-16(14)25-17)20(2)26(22,23)18-11-7-5-9-15(18)19(21)24-3/h4-13H,1-3H3. The fourth-order valence-corrected chi connectivity index (χ4v) is 4.23. The van der Waals surface area contributed by atoms with E-state index < -0.39 is 22.0 Å². The van der Waals surface area contributed by atoms with Gasteiger partial charge in [0.2, 0.25) is 10.0 Å². The van der Waals surface area contributed by atoms with E-state index in [4.69, 9.17) is 9.15 Å². The number of carbonyl (C=O) groups is 1. The normalized spacial score (nSPS) is 13.1. The second-order valence-electron chi connectivity index (χ2n) is 5.87. The Labute approximate surface area is 152 Å². The summed E-state index contributed by atoms with van der Waals surface area (Å²) < 4.78 is 37.8. The minimum atomic E-state index is -3.94. The van der Waals surface area contributed by atoms with Crippen LogP contribution in [0.1, 0.15) is 29.1 Å². The number of esters is 1. The number of para-hydroxylation sites is 1. The highest BCUT2D eigenvalue weighted by atomic mass is 32.2. The molecule has 3 rings (SSSR count). The van der Waals surface area contributed by atoms with Gasteiger partial charge in [0, 0.05) is 12.4 Å².